The van der Waals surface area contributed by atoms with Crippen molar-refractivity contribution in [1.82, 2.24) is 0 Å². The van der Waals surface area contributed by atoms with Crippen LogP contribution in [-0.2, 0) is 16.1 Å². The predicted molar refractivity (Wildman–Crippen MR) is 85.4 cm³/mol. The van der Waals surface area contributed by atoms with Crippen molar-refractivity contribution in [2.24, 2.45) is 0 Å². The van der Waals surface area contributed by atoms with Gasteiger partial charge in [-0.2, -0.15) is 0 Å². The van der Waals surface area contributed by atoms with Gasteiger partial charge in [0.05, 0.1) is 0 Å². The fraction of sp³-hybridized carbons (Fsp3) is 0.111. The van der Waals surface area contributed by atoms with Crippen LogP contribution in [0.3, 0.4) is 0 Å². The van der Waals surface area contributed by atoms with Gasteiger partial charge in [-0.1, -0.05) is 36.4 Å². The van der Waals surface area contributed by atoms with Gasteiger partial charge in [-0.25, -0.2) is 4.79 Å². The molecule has 2 aromatic carbocycles. The summed E-state index contributed by atoms with van der Waals surface area (Å²) in [4.78, 5) is 23.3. The van der Waals surface area contributed by atoms with Gasteiger partial charge in [0.2, 0.25) is 0 Å². The highest BCUT2D eigenvalue weighted by molar-refractivity contribution is 6.04. The molecule has 0 spiro atoms. The van der Waals surface area contributed by atoms with E-state index in [1.807, 2.05) is 30.3 Å². The fourth-order valence-electron chi connectivity index (χ4n) is 1.82. The molecule has 4 heteroatoms. The van der Waals surface area contributed by atoms with Gasteiger partial charge in [0.1, 0.15) is 6.61 Å². The number of carbonyl (C=O) groups is 2. The number of anilines is 1. The van der Waals surface area contributed by atoms with Crippen molar-refractivity contribution in [2.45, 2.75) is 13.5 Å². The summed E-state index contributed by atoms with van der Waals surface area (Å²) in [6.45, 7) is 1.94. The number of carbonyl (C=O) groups excluding carboxylic acids is 2. The average Bonchev–Trinajstić information content (AvgIpc) is 2.54. The lowest BCUT2D eigenvalue weighted by molar-refractivity contribution is -0.139. The molecule has 0 aliphatic rings. The maximum atomic E-state index is 12.1. The van der Waals surface area contributed by atoms with Gasteiger partial charge in [-0.3, -0.25) is 4.79 Å². The van der Waals surface area contributed by atoms with E-state index >= 15 is 0 Å². The maximum absolute atomic E-state index is 12.1. The Morgan fingerprint density at radius 1 is 1.05 bits per heavy atom. The molecule has 0 heterocycles. The van der Waals surface area contributed by atoms with Crippen LogP contribution < -0.4 is 5.32 Å². The topological polar surface area (TPSA) is 55.4 Å². The van der Waals surface area contributed by atoms with Crippen LogP contribution in [0.5, 0.6) is 0 Å². The number of hydrogen-bond acceptors (Lipinski definition) is 3. The van der Waals surface area contributed by atoms with Crippen molar-refractivity contribution in [1.29, 1.82) is 0 Å². The van der Waals surface area contributed by atoms with Crippen molar-refractivity contribution in [3.8, 4) is 0 Å². The monoisotopic (exact) mass is 295 g/mol. The zero-order valence-corrected chi connectivity index (χ0v) is 12.3. The van der Waals surface area contributed by atoms with E-state index in [2.05, 4.69) is 5.32 Å². The van der Waals surface area contributed by atoms with Gasteiger partial charge < -0.3 is 10.1 Å². The van der Waals surface area contributed by atoms with Gasteiger partial charge >= 0.3 is 5.97 Å². The number of allylic oxidation sites excluding steroid dienone is 1. The molecule has 0 aliphatic carbocycles. The number of amides is 1. The molecule has 112 valence electrons. The van der Waals surface area contributed by atoms with Crippen molar-refractivity contribution >= 4 is 17.6 Å². The highest BCUT2D eigenvalue weighted by Gasteiger charge is 2.06. The largest absolute Gasteiger partial charge is 0.458 e. The quantitative estimate of drug-likeness (QED) is 0.678. The molecule has 0 unspecified atom stereocenters. The lowest BCUT2D eigenvalue weighted by Crippen LogP contribution is -2.11. The minimum atomic E-state index is -0.381. The van der Waals surface area contributed by atoms with E-state index in [9.17, 15) is 9.59 Å². The first-order valence-corrected chi connectivity index (χ1v) is 6.94. The second-order valence-electron chi connectivity index (χ2n) is 4.62. The van der Waals surface area contributed by atoms with Crippen LogP contribution in [0.25, 0.3) is 0 Å². The van der Waals surface area contributed by atoms with Gasteiger partial charge in [0.15, 0.2) is 0 Å². The maximum Gasteiger partial charge on any atom is 0.330 e. The van der Waals surface area contributed by atoms with Crippen molar-refractivity contribution in [2.75, 3.05) is 5.32 Å². The third-order valence-electron chi connectivity index (χ3n) is 2.93. The summed E-state index contributed by atoms with van der Waals surface area (Å²) < 4.78 is 5.04. The number of nitrogens with one attached hydrogen (secondary N) is 1. The molecule has 0 radical (unpaired) electrons. The SMILES string of the molecule is C/C=C/C(=O)OCc1ccc(C(=O)Nc2ccccc2)cc1. The predicted octanol–water partition coefficient (Wildman–Crippen LogP) is 3.56. The first kappa shape index (κ1) is 15.5. The number of esters is 1. The summed E-state index contributed by atoms with van der Waals surface area (Å²) >= 11 is 0. The summed E-state index contributed by atoms with van der Waals surface area (Å²) in [6.07, 6.45) is 2.99. The normalized spacial score (nSPS) is 10.4. The van der Waals surface area contributed by atoms with Crippen LogP contribution in [0, 0.1) is 0 Å². The third-order valence-corrected chi connectivity index (χ3v) is 2.93. The lowest BCUT2D eigenvalue weighted by Gasteiger charge is -2.06. The van der Waals surface area contributed by atoms with Gasteiger partial charge in [-0.05, 0) is 36.8 Å². The molecule has 0 aliphatic heterocycles. The Kier molecular flexibility index (Phi) is 5.49. The lowest BCUT2D eigenvalue weighted by atomic mass is 10.1. The zero-order chi connectivity index (χ0) is 15.8. The van der Waals surface area contributed by atoms with Crippen LogP contribution in [-0.4, -0.2) is 11.9 Å². The Bertz CT molecular complexity index is 660. The first-order valence-electron chi connectivity index (χ1n) is 6.94. The zero-order valence-electron chi connectivity index (χ0n) is 12.3. The number of para-hydroxylation sites is 1. The molecule has 0 atom stereocenters. The van der Waals surface area contributed by atoms with Crippen molar-refractivity contribution in [3.63, 3.8) is 0 Å². The summed E-state index contributed by atoms with van der Waals surface area (Å²) in [7, 11) is 0. The Morgan fingerprint density at radius 3 is 2.36 bits per heavy atom. The molecular formula is C18H17NO3. The highest BCUT2D eigenvalue weighted by atomic mass is 16.5. The average molecular weight is 295 g/mol. The molecule has 0 bridgehead atoms. The Morgan fingerprint density at radius 2 is 1.73 bits per heavy atom. The summed E-state index contributed by atoms with van der Waals surface area (Å²) in [5.41, 5.74) is 2.12. The molecule has 0 saturated carbocycles. The van der Waals surface area contributed by atoms with E-state index in [-0.39, 0.29) is 18.5 Å². The van der Waals surface area contributed by atoms with Crippen LogP contribution in [0.4, 0.5) is 5.69 Å². The number of rotatable bonds is 5. The second kappa shape index (κ2) is 7.78. The second-order valence-corrected chi connectivity index (χ2v) is 4.62. The fourth-order valence-corrected chi connectivity index (χ4v) is 1.82. The van der Waals surface area contributed by atoms with E-state index in [1.54, 1.807) is 37.3 Å². The highest BCUT2D eigenvalue weighted by Crippen LogP contribution is 2.10. The van der Waals surface area contributed by atoms with E-state index in [1.165, 1.54) is 6.08 Å². The van der Waals surface area contributed by atoms with Gasteiger partial charge in [0, 0.05) is 17.3 Å². The minimum Gasteiger partial charge on any atom is -0.458 e. The Hall–Kier alpha value is -2.88. The molecule has 0 fully saturated rings. The third kappa shape index (κ3) is 4.59. The Labute approximate surface area is 129 Å². The molecule has 1 amide bonds. The standard InChI is InChI=1S/C18H17NO3/c1-2-6-17(20)22-13-14-9-11-15(12-10-14)18(21)19-16-7-4-3-5-8-16/h2-12H,13H2,1H3,(H,19,21)/b6-2+. The van der Waals surface area contributed by atoms with E-state index < -0.39 is 0 Å². The smallest absolute Gasteiger partial charge is 0.330 e. The van der Waals surface area contributed by atoms with Crippen LogP contribution in [0.15, 0.2) is 66.7 Å². The van der Waals surface area contributed by atoms with Gasteiger partial charge in [0.25, 0.3) is 5.91 Å². The van der Waals surface area contributed by atoms with E-state index in [4.69, 9.17) is 4.74 Å². The molecule has 0 aromatic heterocycles. The first-order chi connectivity index (χ1) is 10.7. The molecule has 2 aromatic rings. The molecule has 22 heavy (non-hydrogen) atoms. The van der Waals surface area contributed by atoms with Crippen molar-refractivity contribution < 1.29 is 14.3 Å². The van der Waals surface area contributed by atoms with Crippen LogP contribution in [0.2, 0.25) is 0 Å². The van der Waals surface area contributed by atoms with E-state index in [0.717, 1.165) is 11.3 Å². The summed E-state index contributed by atoms with van der Waals surface area (Å²) in [6, 6.07) is 16.2. The number of hydrogen-bond donors (Lipinski definition) is 1. The molecule has 4 nitrogen and oxygen atoms in total. The van der Waals surface area contributed by atoms with Gasteiger partial charge in [-0.15, -0.1) is 0 Å². The molecule has 1 N–H and O–H groups in total. The molecule has 0 saturated heterocycles. The Balaban J connectivity index is 1.93. The summed E-state index contributed by atoms with van der Waals surface area (Å²) in [5.74, 6) is -0.558. The van der Waals surface area contributed by atoms with E-state index in [0.29, 0.717) is 5.56 Å². The molecule has 2 rings (SSSR count). The number of ether oxygens (including phenoxy) is 1. The number of benzene rings is 2. The summed E-state index contributed by atoms with van der Waals surface area (Å²) in [5, 5.41) is 2.81. The van der Waals surface area contributed by atoms with Crippen molar-refractivity contribution in [3.05, 3.63) is 77.9 Å². The minimum absolute atomic E-state index is 0.177. The van der Waals surface area contributed by atoms with Crippen LogP contribution in [0.1, 0.15) is 22.8 Å². The van der Waals surface area contributed by atoms with Crippen LogP contribution >= 0.6 is 0 Å². The molecular weight excluding hydrogens is 278 g/mol.